The van der Waals surface area contributed by atoms with Crippen LogP contribution in [0, 0.1) is 22.7 Å². The Hall–Kier alpha value is -0.0800. The Morgan fingerprint density at radius 2 is 1.72 bits per heavy atom. The normalized spacial score (nSPS) is 24.8. The molecule has 0 aromatic heterocycles. The third-order valence-corrected chi connectivity index (χ3v) is 5.51. The third kappa shape index (κ3) is 2.91. The van der Waals surface area contributed by atoms with Gasteiger partial charge in [-0.3, -0.25) is 0 Å². The molecule has 0 amide bonds. The summed E-state index contributed by atoms with van der Waals surface area (Å²) in [6.07, 6.45) is 2.36. The third-order valence-electron chi connectivity index (χ3n) is 5.51. The van der Waals surface area contributed by atoms with E-state index in [1.54, 1.807) is 7.11 Å². The summed E-state index contributed by atoms with van der Waals surface area (Å²) in [5, 5.41) is 3.80. The Kier molecular flexibility index (Phi) is 5.25. The molecular weight excluding hydrogens is 222 g/mol. The van der Waals surface area contributed by atoms with Gasteiger partial charge in [-0.15, -0.1) is 0 Å². The van der Waals surface area contributed by atoms with Gasteiger partial charge in [0.25, 0.3) is 0 Å². The van der Waals surface area contributed by atoms with Crippen molar-refractivity contribution < 1.29 is 4.74 Å². The van der Waals surface area contributed by atoms with Gasteiger partial charge in [0.2, 0.25) is 0 Å². The molecule has 108 valence electrons. The molecule has 0 heterocycles. The number of nitrogens with one attached hydrogen (secondary N) is 1. The number of ether oxygens (including phenoxy) is 1. The fourth-order valence-corrected chi connectivity index (χ4v) is 3.59. The van der Waals surface area contributed by atoms with E-state index in [-0.39, 0.29) is 0 Å². The zero-order chi connectivity index (χ0) is 14.0. The molecule has 0 aromatic carbocycles. The van der Waals surface area contributed by atoms with Gasteiger partial charge < -0.3 is 10.1 Å². The van der Waals surface area contributed by atoms with Gasteiger partial charge in [-0.05, 0) is 42.1 Å². The lowest BCUT2D eigenvalue weighted by molar-refractivity contribution is 0.162. The van der Waals surface area contributed by atoms with Gasteiger partial charge in [0, 0.05) is 19.8 Å². The summed E-state index contributed by atoms with van der Waals surface area (Å²) < 4.78 is 5.24. The first kappa shape index (κ1) is 16.0. The molecule has 2 heteroatoms. The number of rotatable bonds is 8. The molecule has 18 heavy (non-hydrogen) atoms. The molecule has 0 aliphatic heterocycles. The van der Waals surface area contributed by atoms with Gasteiger partial charge in [0.15, 0.2) is 0 Å². The zero-order valence-electron chi connectivity index (χ0n) is 13.5. The van der Waals surface area contributed by atoms with Crippen LogP contribution in [-0.4, -0.2) is 26.3 Å². The summed E-state index contributed by atoms with van der Waals surface area (Å²) in [6, 6.07) is 0.630. The predicted molar refractivity (Wildman–Crippen MR) is 78.8 cm³/mol. The van der Waals surface area contributed by atoms with E-state index >= 15 is 0 Å². The van der Waals surface area contributed by atoms with Gasteiger partial charge in [0.1, 0.15) is 0 Å². The van der Waals surface area contributed by atoms with E-state index < -0.39 is 0 Å². The second kappa shape index (κ2) is 5.92. The Labute approximate surface area is 114 Å². The van der Waals surface area contributed by atoms with Crippen molar-refractivity contribution in [2.24, 2.45) is 22.7 Å². The Balaban J connectivity index is 2.68. The highest BCUT2D eigenvalue weighted by atomic mass is 16.5. The number of methoxy groups -OCH3 is 1. The summed E-state index contributed by atoms with van der Waals surface area (Å²) in [6.45, 7) is 16.3. The molecule has 2 atom stereocenters. The average molecular weight is 255 g/mol. The van der Waals surface area contributed by atoms with E-state index in [0.717, 1.165) is 25.5 Å². The van der Waals surface area contributed by atoms with Crippen molar-refractivity contribution in [1.29, 1.82) is 0 Å². The largest absolute Gasteiger partial charge is 0.385 e. The summed E-state index contributed by atoms with van der Waals surface area (Å²) in [7, 11) is 1.80. The van der Waals surface area contributed by atoms with Crippen molar-refractivity contribution in [3.8, 4) is 0 Å². The van der Waals surface area contributed by atoms with Gasteiger partial charge >= 0.3 is 0 Å². The highest BCUT2D eigenvalue weighted by Crippen LogP contribution is 2.70. The van der Waals surface area contributed by atoms with Crippen LogP contribution in [0.15, 0.2) is 0 Å². The highest BCUT2D eigenvalue weighted by molar-refractivity contribution is 5.16. The minimum atomic E-state index is 0.458. The highest BCUT2D eigenvalue weighted by Gasteiger charge is 2.67. The second-order valence-corrected chi connectivity index (χ2v) is 7.16. The Morgan fingerprint density at radius 3 is 2.11 bits per heavy atom. The van der Waals surface area contributed by atoms with E-state index in [0.29, 0.717) is 22.8 Å². The smallest absolute Gasteiger partial charge is 0.0465 e. The van der Waals surface area contributed by atoms with Gasteiger partial charge in [-0.25, -0.2) is 0 Å². The van der Waals surface area contributed by atoms with Crippen LogP contribution in [-0.2, 0) is 4.74 Å². The maximum Gasteiger partial charge on any atom is 0.0465 e. The maximum absolute atomic E-state index is 5.24. The van der Waals surface area contributed by atoms with E-state index in [9.17, 15) is 0 Å². The molecule has 0 spiro atoms. The van der Waals surface area contributed by atoms with Crippen molar-refractivity contribution in [3.63, 3.8) is 0 Å². The number of hydrogen-bond acceptors (Lipinski definition) is 2. The fraction of sp³-hybridized carbons (Fsp3) is 1.00. The first-order chi connectivity index (χ1) is 8.30. The SMILES string of the molecule is CCCNC(C(C)CCOC)C1C(C)(C)C1(C)C. The molecule has 1 aliphatic carbocycles. The van der Waals surface area contributed by atoms with E-state index in [4.69, 9.17) is 4.74 Å². The molecule has 1 saturated carbocycles. The summed E-state index contributed by atoms with van der Waals surface area (Å²) in [5.41, 5.74) is 0.916. The fourth-order valence-electron chi connectivity index (χ4n) is 3.59. The van der Waals surface area contributed by atoms with E-state index in [1.807, 2.05) is 0 Å². The van der Waals surface area contributed by atoms with Gasteiger partial charge in [-0.2, -0.15) is 0 Å². The molecule has 2 unspecified atom stereocenters. The van der Waals surface area contributed by atoms with Crippen LogP contribution in [0.25, 0.3) is 0 Å². The van der Waals surface area contributed by atoms with Gasteiger partial charge in [0.05, 0.1) is 0 Å². The Morgan fingerprint density at radius 1 is 1.17 bits per heavy atom. The van der Waals surface area contributed by atoms with E-state index in [2.05, 4.69) is 46.9 Å². The maximum atomic E-state index is 5.24. The number of hydrogen-bond donors (Lipinski definition) is 1. The lowest BCUT2D eigenvalue weighted by Crippen LogP contribution is -2.39. The van der Waals surface area contributed by atoms with Crippen molar-refractivity contribution in [2.45, 2.75) is 60.4 Å². The molecule has 1 N–H and O–H groups in total. The van der Waals surface area contributed by atoms with Crippen LogP contribution in [0.4, 0.5) is 0 Å². The van der Waals surface area contributed by atoms with Crippen molar-refractivity contribution in [1.82, 2.24) is 5.32 Å². The zero-order valence-corrected chi connectivity index (χ0v) is 13.5. The minimum Gasteiger partial charge on any atom is -0.385 e. The predicted octanol–water partition coefficient (Wildman–Crippen LogP) is 3.71. The molecule has 0 bridgehead atoms. The minimum absolute atomic E-state index is 0.458. The Bertz CT molecular complexity index is 246. The standard InChI is InChI=1S/C16H33NO/c1-8-10-17-13(12(2)9-11-18-7)14-15(3,4)16(14,5)6/h12-14,17H,8-11H2,1-7H3. The topological polar surface area (TPSA) is 21.3 Å². The summed E-state index contributed by atoms with van der Waals surface area (Å²) >= 11 is 0. The molecular formula is C16H33NO. The first-order valence-corrected chi connectivity index (χ1v) is 7.53. The molecule has 2 nitrogen and oxygen atoms in total. The van der Waals surface area contributed by atoms with Crippen molar-refractivity contribution in [3.05, 3.63) is 0 Å². The molecule has 1 rings (SSSR count). The van der Waals surface area contributed by atoms with Crippen molar-refractivity contribution >= 4 is 0 Å². The van der Waals surface area contributed by atoms with Gasteiger partial charge in [-0.1, -0.05) is 41.5 Å². The van der Waals surface area contributed by atoms with Crippen LogP contribution >= 0.6 is 0 Å². The average Bonchev–Trinajstić information content (AvgIpc) is 2.69. The van der Waals surface area contributed by atoms with Crippen LogP contribution in [0.3, 0.4) is 0 Å². The van der Waals surface area contributed by atoms with Crippen LogP contribution in [0.2, 0.25) is 0 Å². The first-order valence-electron chi connectivity index (χ1n) is 7.53. The molecule has 0 saturated heterocycles. The molecule has 0 aromatic rings. The van der Waals surface area contributed by atoms with Crippen LogP contribution in [0.5, 0.6) is 0 Å². The quantitative estimate of drug-likeness (QED) is 0.714. The molecule has 1 fully saturated rings. The van der Waals surface area contributed by atoms with Crippen molar-refractivity contribution in [2.75, 3.05) is 20.3 Å². The monoisotopic (exact) mass is 255 g/mol. The van der Waals surface area contributed by atoms with E-state index in [1.165, 1.54) is 6.42 Å². The lowest BCUT2D eigenvalue weighted by atomic mass is 9.90. The van der Waals surface area contributed by atoms with Crippen LogP contribution in [0.1, 0.15) is 54.4 Å². The lowest BCUT2D eigenvalue weighted by Gasteiger charge is -2.27. The molecule has 0 radical (unpaired) electrons. The molecule has 1 aliphatic rings. The summed E-state index contributed by atoms with van der Waals surface area (Å²) in [5.74, 6) is 1.46. The second-order valence-electron chi connectivity index (χ2n) is 7.16. The summed E-state index contributed by atoms with van der Waals surface area (Å²) in [4.78, 5) is 0. The van der Waals surface area contributed by atoms with Crippen LogP contribution < -0.4 is 5.32 Å².